The molecule has 0 aliphatic heterocycles. The number of ether oxygens (including phenoxy) is 1. The summed E-state index contributed by atoms with van der Waals surface area (Å²) in [6.45, 7) is 1.79. The SMILES string of the molecule is C[C@H](N)C(=O)Oc1ccc([N+](=O)[O-])cc1CCN. The first-order chi connectivity index (χ1) is 8.45. The van der Waals surface area contributed by atoms with Crippen LogP contribution >= 0.6 is 0 Å². The van der Waals surface area contributed by atoms with Gasteiger partial charge in [0.05, 0.1) is 4.92 Å². The summed E-state index contributed by atoms with van der Waals surface area (Å²) in [7, 11) is 0. The molecular formula is C11H15N3O4. The second kappa shape index (κ2) is 6.08. The van der Waals surface area contributed by atoms with Crippen LogP contribution in [0, 0.1) is 10.1 Å². The van der Waals surface area contributed by atoms with Gasteiger partial charge in [-0.05, 0) is 26.0 Å². The minimum absolute atomic E-state index is 0.0703. The van der Waals surface area contributed by atoms with Gasteiger partial charge >= 0.3 is 5.97 Å². The first kappa shape index (κ1) is 14.1. The van der Waals surface area contributed by atoms with Gasteiger partial charge in [0.2, 0.25) is 0 Å². The van der Waals surface area contributed by atoms with Gasteiger partial charge in [-0.25, -0.2) is 4.79 Å². The summed E-state index contributed by atoms with van der Waals surface area (Å²) in [6, 6.07) is 3.23. The summed E-state index contributed by atoms with van der Waals surface area (Å²) in [5.74, 6) is -0.338. The zero-order valence-corrected chi connectivity index (χ0v) is 9.96. The number of hydrogen-bond donors (Lipinski definition) is 2. The molecule has 1 aromatic rings. The molecule has 0 aliphatic rings. The predicted molar refractivity (Wildman–Crippen MR) is 65.1 cm³/mol. The molecule has 0 radical (unpaired) electrons. The Kier molecular flexibility index (Phi) is 4.75. The molecule has 0 spiro atoms. The van der Waals surface area contributed by atoms with Gasteiger partial charge in [0.15, 0.2) is 0 Å². The van der Waals surface area contributed by atoms with E-state index in [0.717, 1.165) is 0 Å². The van der Waals surface area contributed by atoms with E-state index in [-0.39, 0.29) is 11.4 Å². The second-order valence-electron chi connectivity index (χ2n) is 3.80. The normalized spacial score (nSPS) is 11.9. The molecule has 0 aliphatic carbocycles. The van der Waals surface area contributed by atoms with Gasteiger partial charge in [-0.15, -0.1) is 0 Å². The van der Waals surface area contributed by atoms with Gasteiger partial charge in [-0.1, -0.05) is 0 Å². The third-order valence-electron chi connectivity index (χ3n) is 2.25. The summed E-state index contributed by atoms with van der Waals surface area (Å²) in [4.78, 5) is 21.5. The molecule has 1 rings (SSSR count). The van der Waals surface area contributed by atoms with Crippen molar-refractivity contribution in [2.75, 3.05) is 6.54 Å². The van der Waals surface area contributed by atoms with Gasteiger partial charge in [0.25, 0.3) is 5.69 Å². The Hall–Kier alpha value is -1.99. The number of nitrogens with zero attached hydrogens (tertiary/aromatic N) is 1. The van der Waals surface area contributed by atoms with E-state index in [0.29, 0.717) is 18.5 Å². The van der Waals surface area contributed by atoms with Crippen LogP contribution in [0.2, 0.25) is 0 Å². The number of nitro benzene ring substituents is 1. The van der Waals surface area contributed by atoms with Crippen molar-refractivity contribution in [1.29, 1.82) is 0 Å². The van der Waals surface area contributed by atoms with Crippen LogP contribution in [0.5, 0.6) is 5.75 Å². The average molecular weight is 253 g/mol. The first-order valence-electron chi connectivity index (χ1n) is 5.40. The fourth-order valence-corrected chi connectivity index (χ4v) is 1.33. The van der Waals surface area contributed by atoms with Crippen LogP contribution in [-0.2, 0) is 11.2 Å². The molecule has 7 nitrogen and oxygen atoms in total. The summed E-state index contributed by atoms with van der Waals surface area (Å²) in [6.07, 6.45) is 0.378. The molecule has 0 aromatic heterocycles. The van der Waals surface area contributed by atoms with E-state index in [1.807, 2.05) is 0 Å². The standard InChI is InChI=1S/C11H15N3O4/c1-7(13)11(15)18-10-3-2-9(14(16)17)6-8(10)4-5-12/h2-3,6-7H,4-5,12-13H2,1H3/t7-/m0/s1. The van der Waals surface area contributed by atoms with E-state index in [2.05, 4.69) is 0 Å². The lowest BCUT2D eigenvalue weighted by molar-refractivity contribution is -0.384. The van der Waals surface area contributed by atoms with E-state index in [9.17, 15) is 14.9 Å². The van der Waals surface area contributed by atoms with Crippen LogP contribution in [0.1, 0.15) is 12.5 Å². The maximum atomic E-state index is 11.4. The van der Waals surface area contributed by atoms with Crippen LogP contribution in [0.15, 0.2) is 18.2 Å². The van der Waals surface area contributed by atoms with Crippen molar-refractivity contribution in [3.8, 4) is 5.75 Å². The number of benzene rings is 1. The van der Waals surface area contributed by atoms with E-state index < -0.39 is 16.9 Å². The van der Waals surface area contributed by atoms with Crippen molar-refractivity contribution in [3.63, 3.8) is 0 Å². The molecule has 4 N–H and O–H groups in total. The number of nitrogens with two attached hydrogens (primary N) is 2. The van der Waals surface area contributed by atoms with E-state index in [4.69, 9.17) is 16.2 Å². The van der Waals surface area contributed by atoms with Crippen LogP contribution in [0.3, 0.4) is 0 Å². The Morgan fingerprint density at radius 2 is 2.22 bits per heavy atom. The molecular weight excluding hydrogens is 238 g/mol. The van der Waals surface area contributed by atoms with Crippen molar-refractivity contribution in [3.05, 3.63) is 33.9 Å². The molecule has 7 heteroatoms. The fraction of sp³-hybridized carbons (Fsp3) is 0.364. The van der Waals surface area contributed by atoms with Crippen molar-refractivity contribution in [1.82, 2.24) is 0 Å². The first-order valence-corrected chi connectivity index (χ1v) is 5.40. The number of rotatable bonds is 5. The highest BCUT2D eigenvalue weighted by molar-refractivity contribution is 5.77. The molecule has 0 heterocycles. The Bertz CT molecular complexity index is 460. The Balaban J connectivity index is 3.03. The summed E-state index contributed by atoms with van der Waals surface area (Å²) in [5, 5.41) is 10.6. The molecule has 0 bridgehead atoms. The van der Waals surface area contributed by atoms with Crippen molar-refractivity contribution in [2.45, 2.75) is 19.4 Å². The fourth-order valence-electron chi connectivity index (χ4n) is 1.33. The van der Waals surface area contributed by atoms with E-state index in [1.54, 1.807) is 0 Å². The zero-order valence-electron chi connectivity index (χ0n) is 9.96. The maximum absolute atomic E-state index is 11.4. The number of hydrogen-bond acceptors (Lipinski definition) is 6. The Morgan fingerprint density at radius 3 is 2.72 bits per heavy atom. The van der Waals surface area contributed by atoms with Crippen LogP contribution < -0.4 is 16.2 Å². The molecule has 18 heavy (non-hydrogen) atoms. The van der Waals surface area contributed by atoms with Gasteiger partial charge in [-0.3, -0.25) is 10.1 Å². The predicted octanol–water partition coefficient (Wildman–Crippen LogP) is 0.349. The topological polar surface area (TPSA) is 121 Å². The third-order valence-corrected chi connectivity index (χ3v) is 2.25. The monoisotopic (exact) mass is 253 g/mol. The highest BCUT2D eigenvalue weighted by atomic mass is 16.6. The third kappa shape index (κ3) is 3.51. The summed E-state index contributed by atoms with van der Waals surface area (Å²) >= 11 is 0. The highest BCUT2D eigenvalue weighted by Gasteiger charge is 2.16. The Labute approximate surface area is 104 Å². The van der Waals surface area contributed by atoms with Crippen LogP contribution in [-0.4, -0.2) is 23.5 Å². The minimum Gasteiger partial charge on any atom is -0.425 e. The quantitative estimate of drug-likeness (QED) is 0.338. The summed E-state index contributed by atoms with van der Waals surface area (Å²) in [5.41, 5.74) is 11.2. The second-order valence-corrected chi connectivity index (χ2v) is 3.80. The number of carbonyl (C=O) groups is 1. The number of carbonyl (C=O) groups excluding carboxylic acids is 1. The zero-order chi connectivity index (χ0) is 13.7. The van der Waals surface area contributed by atoms with Crippen LogP contribution in [0.25, 0.3) is 0 Å². The van der Waals surface area contributed by atoms with E-state index >= 15 is 0 Å². The maximum Gasteiger partial charge on any atom is 0.328 e. The van der Waals surface area contributed by atoms with Crippen molar-refractivity contribution in [2.24, 2.45) is 11.5 Å². The minimum atomic E-state index is -0.758. The average Bonchev–Trinajstić information content (AvgIpc) is 2.31. The molecule has 1 atom stereocenters. The molecule has 0 saturated carbocycles. The lowest BCUT2D eigenvalue weighted by atomic mass is 10.1. The molecule has 0 fully saturated rings. The molecule has 0 saturated heterocycles. The highest BCUT2D eigenvalue weighted by Crippen LogP contribution is 2.24. The van der Waals surface area contributed by atoms with Gasteiger partial charge < -0.3 is 16.2 Å². The number of nitro groups is 1. The van der Waals surface area contributed by atoms with Crippen LogP contribution in [0.4, 0.5) is 5.69 Å². The number of esters is 1. The van der Waals surface area contributed by atoms with E-state index in [1.165, 1.54) is 25.1 Å². The molecule has 98 valence electrons. The Morgan fingerprint density at radius 1 is 1.56 bits per heavy atom. The largest absolute Gasteiger partial charge is 0.425 e. The summed E-state index contributed by atoms with van der Waals surface area (Å²) < 4.78 is 5.05. The van der Waals surface area contributed by atoms with Gasteiger partial charge in [-0.2, -0.15) is 0 Å². The number of non-ortho nitro benzene ring substituents is 1. The van der Waals surface area contributed by atoms with Crippen molar-refractivity contribution < 1.29 is 14.5 Å². The van der Waals surface area contributed by atoms with Gasteiger partial charge in [0, 0.05) is 17.7 Å². The van der Waals surface area contributed by atoms with Gasteiger partial charge in [0.1, 0.15) is 11.8 Å². The molecule has 1 aromatic carbocycles. The smallest absolute Gasteiger partial charge is 0.328 e. The molecule has 0 unspecified atom stereocenters. The lowest BCUT2D eigenvalue weighted by Gasteiger charge is -2.10. The molecule has 0 amide bonds. The van der Waals surface area contributed by atoms with Crippen molar-refractivity contribution >= 4 is 11.7 Å². The lowest BCUT2D eigenvalue weighted by Crippen LogP contribution is -2.31.